The molecular weight excluding hydrogens is 208 g/mol. The fraction of sp³-hybridized carbons (Fsp3) is 0.125. The third-order valence-corrected chi connectivity index (χ3v) is 1.88. The highest BCUT2D eigenvalue weighted by atomic mass is 79.9. The SMILES string of the molecule is C=C1C=C(Br)C(=O)C(OC)=C1. The largest absolute Gasteiger partial charge is 0.493 e. The summed E-state index contributed by atoms with van der Waals surface area (Å²) in [6.45, 7) is 3.68. The number of ketones is 1. The molecular formula is C8H7BrO2. The molecule has 0 atom stereocenters. The lowest BCUT2D eigenvalue weighted by molar-refractivity contribution is -0.114. The van der Waals surface area contributed by atoms with E-state index in [9.17, 15) is 4.79 Å². The molecule has 1 aliphatic carbocycles. The second-order valence-corrected chi connectivity index (χ2v) is 2.96. The second-order valence-electron chi connectivity index (χ2n) is 2.11. The standard InChI is InChI=1S/C8H7BrO2/c1-5-3-6(9)8(10)7(4-5)11-2/h3-4H,1H2,2H3. The Morgan fingerprint density at radius 1 is 1.55 bits per heavy atom. The van der Waals surface area contributed by atoms with Crippen LogP contribution < -0.4 is 0 Å². The Hall–Kier alpha value is -0.830. The summed E-state index contributed by atoms with van der Waals surface area (Å²) < 4.78 is 5.31. The van der Waals surface area contributed by atoms with E-state index in [1.165, 1.54) is 7.11 Å². The van der Waals surface area contributed by atoms with Gasteiger partial charge in [0.1, 0.15) is 0 Å². The number of carbonyl (C=O) groups excluding carboxylic acids is 1. The Labute approximate surface area is 73.4 Å². The minimum atomic E-state index is -0.139. The lowest BCUT2D eigenvalue weighted by Gasteiger charge is -2.09. The first kappa shape index (κ1) is 8.27. The zero-order chi connectivity index (χ0) is 8.43. The maximum Gasteiger partial charge on any atom is 0.234 e. The van der Waals surface area contributed by atoms with E-state index < -0.39 is 0 Å². The third kappa shape index (κ3) is 1.60. The van der Waals surface area contributed by atoms with E-state index in [2.05, 4.69) is 22.5 Å². The summed E-state index contributed by atoms with van der Waals surface area (Å²) in [5, 5.41) is 0. The zero-order valence-corrected chi connectivity index (χ0v) is 7.64. The lowest BCUT2D eigenvalue weighted by atomic mass is 10.1. The van der Waals surface area contributed by atoms with Crippen molar-refractivity contribution in [1.29, 1.82) is 0 Å². The van der Waals surface area contributed by atoms with Gasteiger partial charge in [-0.3, -0.25) is 4.79 Å². The van der Waals surface area contributed by atoms with Crippen molar-refractivity contribution >= 4 is 21.7 Å². The molecule has 0 spiro atoms. The summed E-state index contributed by atoms with van der Waals surface area (Å²) in [6, 6.07) is 0. The van der Waals surface area contributed by atoms with Gasteiger partial charge in [-0.1, -0.05) is 6.58 Å². The molecule has 0 fully saturated rings. The van der Waals surface area contributed by atoms with Crippen molar-refractivity contribution in [2.75, 3.05) is 7.11 Å². The minimum Gasteiger partial charge on any atom is -0.493 e. The van der Waals surface area contributed by atoms with Crippen LogP contribution in [0.25, 0.3) is 0 Å². The number of halogens is 1. The van der Waals surface area contributed by atoms with Crippen molar-refractivity contribution in [2.24, 2.45) is 0 Å². The maximum absolute atomic E-state index is 11.2. The fourth-order valence-corrected chi connectivity index (χ4v) is 1.26. The van der Waals surface area contributed by atoms with Gasteiger partial charge in [0.05, 0.1) is 11.6 Å². The first-order valence-corrected chi connectivity index (χ1v) is 3.81. The Bertz CT molecular complexity index is 274. The highest BCUT2D eigenvalue weighted by molar-refractivity contribution is 9.12. The molecule has 0 amide bonds. The highest BCUT2D eigenvalue weighted by Gasteiger charge is 2.17. The molecule has 0 aromatic rings. The molecule has 58 valence electrons. The van der Waals surface area contributed by atoms with Gasteiger partial charge in [-0.25, -0.2) is 0 Å². The topological polar surface area (TPSA) is 26.3 Å². The van der Waals surface area contributed by atoms with Crippen LogP contribution in [0.5, 0.6) is 0 Å². The summed E-state index contributed by atoms with van der Waals surface area (Å²) in [6.07, 6.45) is 3.26. The second kappa shape index (κ2) is 3.05. The fourth-order valence-electron chi connectivity index (χ4n) is 0.773. The first-order valence-electron chi connectivity index (χ1n) is 3.01. The number of rotatable bonds is 1. The molecule has 0 aliphatic heterocycles. The minimum absolute atomic E-state index is 0.139. The van der Waals surface area contributed by atoms with Gasteiger partial charge in [-0.05, 0) is 33.7 Å². The number of allylic oxidation sites excluding steroid dienone is 4. The van der Waals surface area contributed by atoms with Crippen LogP contribution in [0.2, 0.25) is 0 Å². The summed E-state index contributed by atoms with van der Waals surface area (Å²) in [4.78, 5) is 11.2. The normalized spacial score (nSPS) is 17.6. The van der Waals surface area contributed by atoms with E-state index in [1.807, 2.05) is 0 Å². The molecule has 0 unspecified atom stereocenters. The van der Waals surface area contributed by atoms with Crippen LogP contribution in [0.4, 0.5) is 0 Å². The molecule has 0 radical (unpaired) electrons. The highest BCUT2D eigenvalue weighted by Crippen LogP contribution is 2.21. The van der Waals surface area contributed by atoms with Gasteiger partial charge in [-0.15, -0.1) is 0 Å². The average molecular weight is 215 g/mol. The molecule has 11 heavy (non-hydrogen) atoms. The van der Waals surface area contributed by atoms with Gasteiger partial charge in [-0.2, -0.15) is 0 Å². The van der Waals surface area contributed by atoms with Crippen LogP contribution >= 0.6 is 15.9 Å². The predicted molar refractivity (Wildman–Crippen MR) is 46.2 cm³/mol. The van der Waals surface area contributed by atoms with Crippen LogP contribution in [-0.4, -0.2) is 12.9 Å². The van der Waals surface area contributed by atoms with E-state index in [-0.39, 0.29) is 5.78 Å². The zero-order valence-electron chi connectivity index (χ0n) is 6.06. The Morgan fingerprint density at radius 2 is 2.18 bits per heavy atom. The molecule has 0 N–H and O–H groups in total. The molecule has 0 aromatic heterocycles. The summed E-state index contributed by atoms with van der Waals surface area (Å²) >= 11 is 3.11. The van der Waals surface area contributed by atoms with Crippen LogP contribution in [0, 0.1) is 0 Å². The summed E-state index contributed by atoms with van der Waals surface area (Å²) in [7, 11) is 1.46. The molecule has 0 saturated heterocycles. The molecule has 3 heteroatoms. The van der Waals surface area contributed by atoms with Crippen molar-refractivity contribution in [3.8, 4) is 0 Å². The van der Waals surface area contributed by atoms with Gasteiger partial charge < -0.3 is 4.74 Å². The number of hydrogen-bond donors (Lipinski definition) is 0. The Morgan fingerprint density at radius 3 is 2.73 bits per heavy atom. The molecule has 0 heterocycles. The predicted octanol–water partition coefficient (Wildman–Crippen LogP) is 1.93. The summed E-state index contributed by atoms with van der Waals surface area (Å²) in [5.41, 5.74) is 0.758. The third-order valence-electron chi connectivity index (χ3n) is 1.29. The van der Waals surface area contributed by atoms with Crippen LogP contribution in [0.3, 0.4) is 0 Å². The van der Waals surface area contributed by atoms with Crippen LogP contribution in [0.1, 0.15) is 0 Å². The first-order chi connectivity index (χ1) is 5.15. The van der Waals surface area contributed by atoms with E-state index in [0.717, 1.165) is 5.57 Å². The maximum atomic E-state index is 11.2. The van der Waals surface area contributed by atoms with E-state index in [0.29, 0.717) is 10.2 Å². The molecule has 1 rings (SSSR count). The van der Waals surface area contributed by atoms with Gasteiger partial charge in [0.2, 0.25) is 5.78 Å². The van der Waals surface area contributed by atoms with Crippen LogP contribution in [-0.2, 0) is 9.53 Å². The van der Waals surface area contributed by atoms with Crippen molar-refractivity contribution in [3.05, 3.63) is 34.5 Å². The van der Waals surface area contributed by atoms with E-state index >= 15 is 0 Å². The van der Waals surface area contributed by atoms with Crippen molar-refractivity contribution in [1.82, 2.24) is 0 Å². The van der Waals surface area contributed by atoms with Crippen molar-refractivity contribution < 1.29 is 9.53 Å². The molecule has 1 aliphatic rings. The lowest BCUT2D eigenvalue weighted by Crippen LogP contribution is -2.08. The van der Waals surface area contributed by atoms with Gasteiger partial charge in [0.15, 0.2) is 5.76 Å². The van der Waals surface area contributed by atoms with Crippen LogP contribution in [0.15, 0.2) is 34.5 Å². The van der Waals surface area contributed by atoms with Crippen molar-refractivity contribution in [3.63, 3.8) is 0 Å². The van der Waals surface area contributed by atoms with Gasteiger partial charge >= 0.3 is 0 Å². The molecule has 0 saturated carbocycles. The van der Waals surface area contributed by atoms with E-state index in [4.69, 9.17) is 4.74 Å². The van der Waals surface area contributed by atoms with Gasteiger partial charge in [0.25, 0.3) is 0 Å². The molecule has 0 bridgehead atoms. The number of carbonyl (C=O) groups is 1. The number of hydrogen-bond acceptors (Lipinski definition) is 2. The number of ether oxygens (including phenoxy) is 1. The Balaban J connectivity index is 3.00. The quantitative estimate of drug-likeness (QED) is 0.668. The van der Waals surface area contributed by atoms with E-state index in [1.54, 1.807) is 12.2 Å². The smallest absolute Gasteiger partial charge is 0.234 e. The monoisotopic (exact) mass is 214 g/mol. The molecule has 0 aromatic carbocycles. The summed E-state index contributed by atoms with van der Waals surface area (Å²) in [5.74, 6) is 0.185. The van der Waals surface area contributed by atoms with Gasteiger partial charge in [0, 0.05) is 0 Å². The number of Topliss-reactive ketones (excluding diaryl/α,β-unsaturated/α-hetero) is 1. The Kier molecular flexibility index (Phi) is 2.29. The van der Waals surface area contributed by atoms with Crippen molar-refractivity contribution in [2.45, 2.75) is 0 Å². The molecule has 2 nitrogen and oxygen atoms in total. The number of methoxy groups -OCH3 is 1. The average Bonchev–Trinajstić information content (AvgIpc) is 1.96.